The molecule has 0 aromatic heterocycles. The van der Waals surface area contributed by atoms with Gasteiger partial charge in [0, 0.05) is 6.04 Å². The van der Waals surface area contributed by atoms with Crippen molar-refractivity contribution in [3.63, 3.8) is 0 Å². The Labute approximate surface area is 99.3 Å². The third kappa shape index (κ3) is 2.85. The second kappa shape index (κ2) is 5.49. The topological polar surface area (TPSA) is 12.0 Å². The van der Waals surface area contributed by atoms with Crippen molar-refractivity contribution in [2.24, 2.45) is 0 Å². The summed E-state index contributed by atoms with van der Waals surface area (Å²) in [6, 6.07) is 7.47. The second-order valence-corrected chi connectivity index (χ2v) is 5.04. The molecule has 1 aliphatic rings. The van der Waals surface area contributed by atoms with Gasteiger partial charge in [0.1, 0.15) is 0 Å². The average molecular weight is 217 g/mol. The Morgan fingerprint density at radius 3 is 2.94 bits per heavy atom. The molecule has 1 saturated heterocycles. The molecule has 1 nitrogen and oxygen atoms in total. The fourth-order valence-electron chi connectivity index (χ4n) is 2.62. The van der Waals surface area contributed by atoms with E-state index in [0.29, 0.717) is 0 Å². The van der Waals surface area contributed by atoms with Crippen molar-refractivity contribution in [2.75, 3.05) is 6.54 Å². The van der Waals surface area contributed by atoms with Crippen LogP contribution in [0.5, 0.6) is 0 Å². The Balaban J connectivity index is 1.82. The minimum atomic E-state index is 0.796. The predicted molar refractivity (Wildman–Crippen MR) is 69.9 cm³/mol. The number of nitrogens with one attached hydrogen (secondary N) is 1. The third-order valence-corrected chi connectivity index (χ3v) is 3.88. The van der Waals surface area contributed by atoms with Gasteiger partial charge in [-0.05, 0) is 69.2 Å². The van der Waals surface area contributed by atoms with Crippen LogP contribution in [0.15, 0.2) is 18.2 Å². The lowest BCUT2D eigenvalue weighted by molar-refractivity contribution is 0.536. The van der Waals surface area contributed by atoms with Crippen molar-refractivity contribution in [2.45, 2.75) is 52.0 Å². The number of hydrogen-bond acceptors (Lipinski definition) is 1. The van der Waals surface area contributed by atoms with Gasteiger partial charge in [-0.2, -0.15) is 0 Å². The van der Waals surface area contributed by atoms with Gasteiger partial charge in [0.25, 0.3) is 0 Å². The highest BCUT2D eigenvalue weighted by Crippen LogP contribution is 2.17. The first-order chi connectivity index (χ1) is 7.77. The van der Waals surface area contributed by atoms with E-state index in [4.69, 9.17) is 0 Å². The van der Waals surface area contributed by atoms with Crippen LogP contribution in [0.4, 0.5) is 0 Å². The molecule has 1 aromatic carbocycles. The molecule has 0 saturated carbocycles. The van der Waals surface area contributed by atoms with E-state index in [2.05, 4.69) is 37.4 Å². The van der Waals surface area contributed by atoms with Crippen LogP contribution in [-0.4, -0.2) is 12.6 Å². The quantitative estimate of drug-likeness (QED) is 0.815. The molecule has 0 amide bonds. The molecule has 0 bridgehead atoms. The molecule has 1 atom stereocenters. The molecular formula is C15H23N. The van der Waals surface area contributed by atoms with Gasteiger partial charge < -0.3 is 5.32 Å². The van der Waals surface area contributed by atoms with Crippen molar-refractivity contribution in [3.8, 4) is 0 Å². The van der Waals surface area contributed by atoms with E-state index in [0.717, 1.165) is 6.04 Å². The van der Waals surface area contributed by atoms with E-state index in [1.165, 1.54) is 55.3 Å². The van der Waals surface area contributed by atoms with Crippen LogP contribution in [0.25, 0.3) is 0 Å². The van der Waals surface area contributed by atoms with Crippen LogP contribution >= 0.6 is 0 Å². The Kier molecular flexibility index (Phi) is 4.00. The minimum Gasteiger partial charge on any atom is -0.314 e. The lowest BCUT2D eigenvalue weighted by Gasteiger charge is -2.11. The first kappa shape index (κ1) is 11.7. The zero-order chi connectivity index (χ0) is 11.4. The maximum absolute atomic E-state index is 3.57. The normalized spacial score (nSPS) is 20.2. The molecule has 0 radical (unpaired) electrons. The van der Waals surface area contributed by atoms with Crippen molar-refractivity contribution in [3.05, 3.63) is 34.9 Å². The van der Waals surface area contributed by atoms with E-state index in [9.17, 15) is 0 Å². The second-order valence-electron chi connectivity index (χ2n) is 5.04. The van der Waals surface area contributed by atoms with E-state index in [-0.39, 0.29) is 0 Å². The lowest BCUT2D eigenvalue weighted by atomic mass is 9.97. The van der Waals surface area contributed by atoms with Crippen molar-refractivity contribution in [1.29, 1.82) is 0 Å². The summed E-state index contributed by atoms with van der Waals surface area (Å²) in [6.07, 6.45) is 6.65. The largest absolute Gasteiger partial charge is 0.314 e. The molecule has 88 valence electrons. The fourth-order valence-corrected chi connectivity index (χ4v) is 2.62. The Bertz CT molecular complexity index is 337. The van der Waals surface area contributed by atoms with Crippen LogP contribution in [0.1, 0.15) is 42.4 Å². The van der Waals surface area contributed by atoms with Crippen LogP contribution in [0, 0.1) is 13.8 Å². The van der Waals surface area contributed by atoms with Crippen molar-refractivity contribution >= 4 is 0 Å². The summed E-state index contributed by atoms with van der Waals surface area (Å²) in [5, 5.41) is 3.57. The van der Waals surface area contributed by atoms with E-state index < -0.39 is 0 Å². The zero-order valence-electron chi connectivity index (χ0n) is 10.6. The zero-order valence-corrected chi connectivity index (χ0v) is 10.6. The first-order valence-electron chi connectivity index (χ1n) is 6.56. The van der Waals surface area contributed by atoms with Gasteiger partial charge in [-0.3, -0.25) is 0 Å². The molecule has 0 aliphatic carbocycles. The SMILES string of the molecule is Cc1cccc(CCCC2CCCN2)c1C. The highest BCUT2D eigenvalue weighted by Gasteiger charge is 2.13. The molecule has 1 N–H and O–H groups in total. The highest BCUT2D eigenvalue weighted by atomic mass is 14.9. The summed E-state index contributed by atoms with van der Waals surface area (Å²) in [4.78, 5) is 0. The molecule has 0 spiro atoms. The van der Waals surface area contributed by atoms with Gasteiger partial charge >= 0.3 is 0 Å². The van der Waals surface area contributed by atoms with Crippen molar-refractivity contribution < 1.29 is 0 Å². The molecular weight excluding hydrogens is 194 g/mol. The Morgan fingerprint density at radius 2 is 2.19 bits per heavy atom. The van der Waals surface area contributed by atoms with Crippen LogP contribution < -0.4 is 5.32 Å². The number of hydrogen-bond donors (Lipinski definition) is 1. The molecule has 1 fully saturated rings. The Morgan fingerprint density at radius 1 is 1.31 bits per heavy atom. The monoisotopic (exact) mass is 217 g/mol. The number of rotatable bonds is 4. The van der Waals surface area contributed by atoms with Crippen molar-refractivity contribution in [1.82, 2.24) is 5.32 Å². The standard InChI is InChI=1S/C15H23N/c1-12-6-3-7-14(13(12)2)8-4-9-15-10-5-11-16-15/h3,6-7,15-16H,4-5,8-11H2,1-2H3. The fraction of sp³-hybridized carbons (Fsp3) is 0.600. The van der Waals surface area contributed by atoms with Gasteiger partial charge in [-0.1, -0.05) is 18.2 Å². The molecule has 16 heavy (non-hydrogen) atoms. The average Bonchev–Trinajstić information content (AvgIpc) is 2.77. The summed E-state index contributed by atoms with van der Waals surface area (Å²) in [7, 11) is 0. The summed E-state index contributed by atoms with van der Waals surface area (Å²) in [5.74, 6) is 0. The molecule has 2 rings (SSSR count). The van der Waals surface area contributed by atoms with Gasteiger partial charge in [0.05, 0.1) is 0 Å². The van der Waals surface area contributed by atoms with Crippen LogP contribution in [-0.2, 0) is 6.42 Å². The summed E-state index contributed by atoms with van der Waals surface area (Å²) >= 11 is 0. The van der Waals surface area contributed by atoms with E-state index in [1.54, 1.807) is 0 Å². The van der Waals surface area contributed by atoms with Gasteiger partial charge in [0.2, 0.25) is 0 Å². The highest BCUT2D eigenvalue weighted by molar-refractivity contribution is 5.33. The van der Waals surface area contributed by atoms with E-state index >= 15 is 0 Å². The lowest BCUT2D eigenvalue weighted by Crippen LogP contribution is -2.21. The van der Waals surface area contributed by atoms with Crippen LogP contribution in [0.2, 0.25) is 0 Å². The minimum absolute atomic E-state index is 0.796. The molecule has 1 aromatic rings. The van der Waals surface area contributed by atoms with Crippen LogP contribution in [0.3, 0.4) is 0 Å². The molecule has 1 heterocycles. The molecule has 1 aliphatic heterocycles. The number of aryl methyl sites for hydroxylation is 2. The van der Waals surface area contributed by atoms with E-state index in [1.807, 2.05) is 0 Å². The maximum atomic E-state index is 3.57. The van der Waals surface area contributed by atoms with Gasteiger partial charge in [0.15, 0.2) is 0 Å². The smallest absolute Gasteiger partial charge is 0.00676 e. The summed E-state index contributed by atoms with van der Waals surface area (Å²) in [5.41, 5.74) is 4.45. The predicted octanol–water partition coefficient (Wildman–Crippen LogP) is 3.38. The van der Waals surface area contributed by atoms with Gasteiger partial charge in [-0.25, -0.2) is 0 Å². The summed E-state index contributed by atoms with van der Waals surface area (Å²) < 4.78 is 0. The maximum Gasteiger partial charge on any atom is 0.00676 e. The summed E-state index contributed by atoms with van der Waals surface area (Å²) in [6.45, 7) is 5.68. The molecule has 1 heteroatoms. The molecule has 1 unspecified atom stereocenters. The van der Waals surface area contributed by atoms with Gasteiger partial charge in [-0.15, -0.1) is 0 Å². The third-order valence-electron chi connectivity index (χ3n) is 3.88. The first-order valence-corrected chi connectivity index (χ1v) is 6.56. The Hall–Kier alpha value is -0.820. The number of benzene rings is 1.